The average molecular weight is 553 g/mol. The third-order valence-electron chi connectivity index (χ3n) is 6.24. The maximum atomic E-state index is 13.4. The Morgan fingerprint density at radius 2 is 1.55 bits per heavy atom. The van der Waals surface area contributed by atoms with Crippen LogP contribution in [0.15, 0.2) is 30.9 Å². The molecule has 3 unspecified atom stereocenters. The quantitative estimate of drug-likeness (QED) is 0.272. The molecular formula is C26H34F6N2O4. The smallest absolute Gasteiger partial charge is 0.416 e. The zero-order chi connectivity index (χ0) is 29.1. The number of amides is 2. The van der Waals surface area contributed by atoms with Gasteiger partial charge in [-0.3, -0.25) is 0 Å². The van der Waals surface area contributed by atoms with Gasteiger partial charge in [-0.15, -0.1) is 6.58 Å². The Bertz CT molecular complexity index is 971. The molecule has 0 N–H and O–H groups in total. The van der Waals surface area contributed by atoms with Crippen molar-refractivity contribution in [2.24, 2.45) is 0 Å². The Kier molecular flexibility index (Phi) is 9.77. The molecule has 1 aliphatic rings. The maximum absolute atomic E-state index is 13.4. The summed E-state index contributed by atoms with van der Waals surface area (Å²) < 4.78 is 90.8. The molecule has 1 fully saturated rings. The predicted octanol–water partition coefficient (Wildman–Crippen LogP) is 7.42. The van der Waals surface area contributed by atoms with Gasteiger partial charge in [0.2, 0.25) is 0 Å². The van der Waals surface area contributed by atoms with Gasteiger partial charge < -0.3 is 19.3 Å². The second-order valence-corrected chi connectivity index (χ2v) is 10.3. The van der Waals surface area contributed by atoms with Crippen LogP contribution in [0.1, 0.15) is 70.1 Å². The van der Waals surface area contributed by atoms with E-state index in [1.807, 2.05) is 6.92 Å². The monoisotopic (exact) mass is 552 g/mol. The van der Waals surface area contributed by atoms with Crippen molar-refractivity contribution in [2.45, 2.75) is 96.0 Å². The first-order valence-electron chi connectivity index (χ1n) is 12.2. The number of carbonyl (C=O) groups is 2. The minimum Gasteiger partial charge on any atom is -0.453 e. The fraction of sp³-hybridized carbons (Fsp3) is 0.615. The minimum atomic E-state index is -5.02. The number of hydrogen-bond acceptors (Lipinski definition) is 4. The Labute approximate surface area is 218 Å². The zero-order valence-electron chi connectivity index (χ0n) is 22.1. The van der Waals surface area contributed by atoms with Crippen LogP contribution < -0.4 is 0 Å². The molecule has 0 bridgehead atoms. The highest BCUT2D eigenvalue weighted by Gasteiger charge is 2.43. The normalized spacial score (nSPS) is 20.6. The first-order valence-corrected chi connectivity index (χ1v) is 12.2. The highest BCUT2D eigenvalue weighted by molar-refractivity contribution is 5.70. The molecule has 1 heterocycles. The van der Waals surface area contributed by atoms with Crippen LogP contribution in [0.2, 0.25) is 0 Å². The number of likely N-dealkylation sites (tertiary alicyclic amines) is 1. The summed E-state index contributed by atoms with van der Waals surface area (Å²) in [6.07, 6.45) is -8.66. The van der Waals surface area contributed by atoms with E-state index in [1.165, 1.54) is 0 Å². The molecule has 0 saturated carbocycles. The van der Waals surface area contributed by atoms with Crippen molar-refractivity contribution >= 4 is 12.2 Å². The van der Waals surface area contributed by atoms with E-state index in [0.717, 1.165) is 12.0 Å². The van der Waals surface area contributed by atoms with Crippen molar-refractivity contribution in [1.29, 1.82) is 0 Å². The third-order valence-corrected chi connectivity index (χ3v) is 6.24. The van der Waals surface area contributed by atoms with Crippen LogP contribution in [0.25, 0.3) is 0 Å². The van der Waals surface area contributed by atoms with Crippen LogP contribution in [0, 0.1) is 0 Å². The Morgan fingerprint density at radius 1 is 1.03 bits per heavy atom. The van der Waals surface area contributed by atoms with Crippen LogP contribution in [-0.4, -0.2) is 52.8 Å². The summed E-state index contributed by atoms with van der Waals surface area (Å²) in [5.41, 5.74) is -4.05. The molecule has 2 amide bonds. The molecular weight excluding hydrogens is 518 g/mol. The standard InChI is InChI=1S/C26H34F6N2O4/c1-7-9-20-14-21(13-19(8-2)34(20)23(36)38-24(3,4)5)33(22(35)37-6)15-16-10-17(25(27,28)29)12-18(11-16)26(30,31)32/h7,10-12,19-21H,1,8-9,13-15H2,2-6H3. The highest BCUT2D eigenvalue weighted by Crippen LogP contribution is 2.38. The van der Waals surface area contributed by atoms with E-state index in [2.05, 4.69) is 6.58 Å². The summed E-state index contributed by atoms with van der Waals surface area (Å²) >= 11 is 0. The molecule has 0 aromatic heterocycles. The minimum absolute atomic E-state index is 0.0402. The molecule has 1 aliphatic heterocycles. The predicted molar refractivity (Wildman–Crippen MR) is 128 cm³/mol. The molecule has 2 rings (SSSR count). The van der Waals surface area contributed by atoms with Gasteiger partial charge in [0.15, 0.2) is 0 Å². The van der Waals surface area contributed by atoms with Gasteiger partial charge in [-0.25, -0.2) is 9.59 Å². The van der Waals surface area contributed by atoms with Crippen LogP contribution in [0.4, 0.5) is 35.9 Å². The van der Waals surface area contributed by atoms with E-state index in [4.69, 9.17) is 9.47 Å². The van der Waals surface area contributed by atoms with E-state index in [0.29, 0.717) is 25.0 Å². The van der Waals surface area contributed by atoms with Crippen molar-refractivity contribution in [2.75, 3.05) is 7.11 Å². The largest absolute Gasteiger partial charge is 0.453 e. The van der Waals surface area contributed by atoms with Crippen LogP contribution in [0.3, 0.4) is 0 Å². The summed E-state index contributed by atoms with van der Waals surface area (Å²) in [7, 11) is 1.08. The van der Waals surface area contributed by atoms with E-state index in [1.54, 1.807) is 31.7 Å². The number of carbonyl (C=O) groups excluding carboxylic acids is 2. The molecule has 214 valence electrons. The average Bonchev–Trinajstić information content (AvgIpc) is 2.79. The van der Waals surface area contributed by atoms with Gasteiger partial charge >= 0.3 is 24.5 Å². The van der Waals surface area contributed by atoms with Crippen LogP contribution >= 0.6 is 0 Å². The lowest BCUT2D eigenvalue weighted by molar-refractivity contribution is -0.143. The topological polar surface area (TPSA) is 59.1 Å². The van der Waals surface area contributed by atoms with Crippen molar-refractivity contribution in [3.63, 3.8) is 0 Å². The molecule has 1 aromatic rings. The number of nitrogens with zero attached hydrogens (tertiary/aromatic N) is 2. The lowest BCUT2D eigenvalue weighted by atomic mass is 9.87. The zero-order valence-corrected chi connectivity index (χ0v) is 22.1. The van der Waals surface area contributed by atoms with Crippen LogP contribution in [-0.2, 0) is 28.4 Å². The van der Waals surface area contributed by atoms with Gasteiger partial charge in [0.25, 0.3) is 0 Å². The second kappa shape index (κ2) is 11.9. The Balaban J connectivity index is 2.48. The SMILES string of the molecule is C=CCC1CC(N(Cc2cc(C(F)(F)F)cc(C(F)(F)F)c2)C(=O)OC)CC(CC)N1C(=O)OC(C)(C)C. The van der Waals surface area contributed by atoms with Crippen molar-refractivity contribution in [3.05, 3.63) is 47.5 Å². The summed E-state index contributed by atoms with van der Waals surface area (Å²) in [4.78, 5) is 28.5. The molecule has 12 heteroatoms. The second-order valence-electron chi connectivity index (χ2n) is 10.3. The van der Waals surface area contributed by atoms with E-state index in [-0.39, 0.29) is 24.5 Å². The summed E-state index contributed by atoms with van der Waals surface area (Å²) in [6, 6.07) is -0.282. The van der Waals surface area contributed by atoms with Crippen LogP contribution in [0.5, 0.6) is 0 Å². The summed E-state index contributed by atoms with van der Waals surface area (Å²) in [5, 5.41) is 0. The Hall–Kier alpha value is -2.92. The van der Waals surface area contributed by atoms with E-state index in [9.17, 15) is 35.9 Å². The van der Waals surface area contributed by atoms with E-state index >= 15 is 0 Å². The maximum Gasteiger partial charge on any atom is 0.416 e. The lowest BCUT2D eigenvalue weighted by Gasteiger charge is -2.47. The first-order chi connectivity index (χ1) is 17.4. The number of alkyl halides is 6. The van der Waals surface area contributed by atoms with Crippen molar-refractivity contribution in [1.82, 2.24) is 9.80 Å². The molecule has 38 heavy (non-hydrogen) atoms. The molecule has 3 atom stereocenters. The van der Waals surface area contributed by atoms with Gasteiger partial charge in [0.1, 0.15) is 5.60 Å². The molecule has 1 saturated heterocycles. The fourth-order valence-electron chi connectivity index (χ4n) is 4.65. The Morgan fingerprint density at radius 3 is 1.97 bits per heavy atom. The summed E-state index contributed by atoms with van der Waals surface area (Å²) in [6.45, 7) is 10.2. The number of piperidine rings is 1. The van der Waals surface area contributed by atoms with Crippen molar-refractivity contribution in [3.8, 4) is 0 Å². The molecule has 0 radical (unpaired) electrons. The van der Waals surface area contributed by atoms with Gasteiger partial charge in [0.05, 0.1) is 18.2 Å². The molecule has 1 aromatic carbocycles. The van der Waals surface area contributed by atoms with Gasteiger partial charge in [-0.2, -0.15) is 26.3 Å². The third kappa shape index (κ3) is 8.04. The lowest BCUT2D eigenvalue weighted by Crippen LogP contribution is -2.58. The number of benzene rings is 1. The molecule has 6 nitrogen and oxygen atoms in total. The first kappa shape index (κ1) is 31.3. The highest BCUT2D eigenvalue weighted by atomic mass is 19.4. The molecule has 0 aliphatic carbocycles. The number of ether oxygens (including phenoxy) is 2. The van der Waals surface area contributed by atoms with E-state index < -0.39 is 65.9 Å². The number of methoxy groups -OCH3 is 1. The van der Waals surface area contributed by atoms with Gasteiger partial charge in [0, 0.05) is 24.7 Å². The number of hydrogen-bond donors (Lipinski definition) is 0. The van der Waals surface area contributed by atoms with Gasteiger partial charge in [-0.05, 0) is 70.2 Å². The number of halogens is 6. The van der Waals surface area contributed by atoms with Gasteiger partial charge in [-0.1, -0.05) is 13.0 Å². The fourth-order valence-corrected chi connectivity index (χ4v) is 4.65. The number of rotatable bonds is 6. The molecule has 0 spiro atoms. The summed E-state index contributed by atoms with van der Waals surface area (Å²) in [5.74, 6) is 0. The van der Waals surface area contributed by atoms with Crippen molar-refractivity contribution < 1.29 is 45.4 Å².